The molecule has 6 heteroatoms. The topological polar surface area (TPSA) is 64.4 Å². The largest absolute Gasteiger partial charge is 0.484 e. The number of nitrogens with one attached hydrogen (secondary N) is 1. The van der Waals surface area contributed by atoms with E-state index in [1.807, 2.05) is 36.4 Å². The summed E-state index contributed by atoms with van der Waals surface area (Å²) >= 11 is 3.45. The number of carbonyl (C=O) groups is 1. The zero-order valence-electron chi connectivity index (χ0n) is 14.0. The van der Waals surface area contributed by atoms with Crippen LogP contribution in [0.1, 0.15) is 5.89 Å². The van der Waals surface area contributed by atoms with Crippen LogP contribution in [0.2, 0.25) is 0 Å². The fourth-order valence-corrected chi connectivity index (χ4v) is 3.13. The van der Waals surface area contributed by atoms with Gasteiger partial charge in [0.05, 0.1) is 0 Å². The van der Waals surface area contributed by atoms with Crippen LogP contribution in [0.3, 0.4) is 0 Å². The van der Waals surface area contributed by atoms with E-state index in [1.54, 1.807) is 25.1 Å². The SMILES string of the molecule is Cc1nc2cc(NC(=O)COc3ccc4cc(Br)ccc4c3)ccc2o1. The number of oxazole rings is 1. The molecule has 0 saturated heterocycles. The van der Waals surface area contributed by atoms with Gasteiger partial charge in [-0.3, -0.25) is 4.79 Å². The highest BCUT2D eigenvalue weighted by atomic mass is 79.9. The van der Waals surface area contributed by atoms with Crippen molar-refractivity contribution in [3.05, 3.63) is 65.0 Å². The molecule has 1 aromatic heterocycles. The molecule has 0 unspecified atom stereocenters. The van der Waals surface area contributed by atoms with Gasteiger partial charge in [0.2, 0.25) is 0 Å². The van der Waals surface area contributed by atoms with Crippen molar-refractivity contribution in [1.82, 2.24) is 4.98 Å². The lowest BCUT2D eigenvalue weighted by Gasteiger charge is -2.08. The maximum absolute atomic E-state index is 12.1. The van der Waals surface area contributed by atoms with Gasteiger partial charge in [-0.1, -0.05) is 28.1 Å². The predicted octanol–water partition coefficient (Wildman–Crippen LogP) is 5.07. The highest BCUT2D eigenvalue weighted by molar-refractivity contribution is 9.10. The molecule has 0 aliphatic carbocycles. The van der Waals surface area contributed by atoms with Gasteiger partial charge in [0, 0.05) is 17.1 Å². The van der Waals surface area contributed by atoms with Gasteiger partial charge < -0.3 is 14.5 Å². The summed E-state index contributed by atoms with van der Waals surface area (Å²) in [4.78, 5) is 16.4. The number of anilines is 1. The molecule has 0 saturated carbocycles. The number of benzene rings is 3. The van der Waals surface area contributed by atoms with Gasteiger partial charge in [0.1, 0.15) is 11.3 Å². The van der Waals surface area contributed by atoms with E-state index in [1.165, 1.54) is 0 Å². The minimum Gasteiger partial charge on any atom is -0.484 e. The highest BCUT2D eigenvalue weighted by Crippen LogP contribution is 2.24. The first-order chi connectivity index (χ1) is 12.6. The number of halogens is 1. The van der Waals surface area contributed by atoms with Gasteiger partial charge >= 0.3 is 0 Å². The van der Waals surface area contributed by atoms with E-state index in [-0.39, 0.29) is 12.5 Å². The summed E-state index contributed by atoms with van der Waals surface area (Å²) in [5.41, 5.74) is 2.06. The smallest absolute Gasteiger partial charge is 0.262 e. The maximum atomic E-state index is 12.1. The molecule has 0 atom stereocenters. The Kier molecular flexibility index (Phi) is 4.34. The second kappa shape index (κ2) is 6.80. The van der Waals surface area contributed by atoms with E-state index in [2.05, 4.69) is 26.2 Å². The summed E-state index contributed by atoms with van der Waals surface area (Å²) in [7, 11) is 0. The van der Waals surface area contributed by atoms with Crippen molar-refractivity contribution in [3.8, 4) is 5.75 Å². The van der Waals surface area contributed by atoms with Crippen LogP contribution in [0.5, 0.6) is 5.75 Å². The number of aromatic nitrogens is 1. The number of rotatable bonds is 4. The molecule has 1 amide bonds. The number of fused-ring (bicyclic) bond motifs is 2. The lowest BCUT2D eigenvalue weighted by atomic mass is 10.1. The standard InChI is InChI=1S/C20H15BrN2O3/c1-12-22-18-10-16(5-7-19(18)26-12)23-20(24)11-25-17-6-3-13-8-15(21)4-2-14(13)9-17/h2-10H,11H2,1H3,(H,23,24). The van der Waals surface area contributed by atoms with Crippen molar-refractivity contribution in [2.24, 2.45) is 0 Å². The summed E-state index contributed by atoms with van der Waals surface area (Å²) in [5.74, 6) is 1.01. The van der Waals surface area contributed by atoms with Crippen molar-refractivity contribution >= 4 is 49.4 Å². The summed E-state index contributed by atoms with van der Waals surface area (Å²) in [6, 6.07) is 17.1. The van der Waals surface area contributed by atoms with Crippen molar-refractivity contribution in [3.63, 3.8) is 0 Å². The molecule has 1 N–H and O–H groups in total. The molecule has 1 heterocycles. The van der Waals surface area contributed by atoms with Crippen LogP contribution in [-0.4, -0.2) is 17.5 Å². The molecule has 4 aromatic rings. The number of hydrogen-bond acceptors (Lipinski definition) is 4. The fraction of sp³-hybridized carbons (Fsp3) is 0.100. The Morgan fingerprint density at radius 3 is 2.81 bits per heavy atom. The molecule has 0 aliphatic rings. The Labute approximate surface area is 158 Å². The van der Waals surface area contributed by atoms with E-state index < -0.39 is 0 Å². The van der Waals surface area contributed by atoms with Gasteiger partial charge in [0.15, 0.2) is 18.1 Å². The van der Waals surface area contributed by atoms with E-state index in [0.717, 1.165) is 15.2 Å². The van der Waals surface area contributed by atoms with Crippen molar-refractivity contribution in [2.75, 3.05) is 11.9 Å². The molecular formula is C20H15BrN2O3. The van der Waals surface area contributed by atoms with Gasteiger partial charge in [-0.2, -0.15) is 0 Å². The van der Waals surface area contributed by atoms with E-state index in [9.17, 15) is 4.79 Å². The van der Waals surface area contributed by atoms with Crippen LogP contribution in [0.15, 0.2) is 63.5 Å². The van der Waals surface area contributed by atoms with Gasteiger partial charge in [-0.05, 0) is 53.2 Å². The summed E-state index contributed by atoms with van der Waals surface area (Å²) in [6.07, 6.45) is 0. The Balaban J connectivity index is 1.42. The minimum absolute atomic E-state index is 0.0715. The third-order valence-electron chi connectivity index (χ3n) is 3.92. The highest BCUT2D eigenvalue weighted by Gasteiger charge is 2.07. The number of hydrogen-bond donors (Lipinski definition) is 1. The van der Waals surface area contributed by atoms with Crippen LogP contribution < -0.4 is 10.1 Å². The minimum atomic E-state index is -0.236. The number of amides is 1. The third-order valence-corrected chi connectivity index (χ3v) is 4.42. The molecule has 3 aromatic carbocycles. The molecule has 0 fully saturated rings. The molecule has 4 rings (SSSR count). The summed E-state index contributed by atoms with van der Waals surface area (Å²) < 4.78 is 12.1. The number of aryl methyl sites for hydroxylation is 1. The molecule has 0 aliphatic heterocycles. The zero-order valence-corrected chi connectivity index (χ0v) is 15.5. The lowest BCUT2D eigenvalue weighted by Crippen LogP contribution is -2.20. The second-order valence-electron chi connectivity index (χ2n) is 5.91. The molecule has 0 bridgehead atoms. The van der Waals surface area contributed by atoms with Gasteiger partial charge in [-0.25, -0.2) is 4.98 Å². The summed E-state index contributed by atoms with van der Waals surface area (Å²) in [6.45, 7) is 1.71. The third kappa shape index (κ3) is 3.55. The second-order valence-corrected chi connectivity index (χ2v) is 6.82. The maximum Gasteiger partial charge on any atom is 0.262 e. The Morgan fingerprint density at radius 1 is 1.12 bits per heavy atom. The predicted molar refractivity (Wildman–Crippen MR) is 105 cm³/mol. The number of nitrogens with zero attached hydrogens (tertiary/aromatic N) is 1. The van der Waals surface area contributed by atoms with E-state index in [4.69, 9.17) is 9.15 Å². The monoisotopic (exact) mass is 410 g/mol. The van der Waals surface area contributed by atoms with Gasteiger partial charge in [0.25, 0.3) is 5.91 Å². The number of ether oxygens (including phenoxy) is 1. The average molecular weight is 411 g/mol. The quantitative estimate of drug-likeness (QED) is 0.509. The van der Waals surface area contributed by atoms with E-state index >= 15 is 0 Å². The number of carbonyl (C=O) groups excluding carboxylic acids is 1. The van der Waals surface area contributed by atoms with Crippen LogP contribution in [0, 0.1) is 6.92 Å². The molecule has 5 nitrogen and oxygen atoms in total. The van der Waals surface area contributed by atoms with Crippen molar-refractivity contribution in [1.29, 1.82) is 0 Å². The first-order valence-corrected chi connectivity index (χ1v) is 8.85. The van der Waals surface area contributed by atoms with E-state index in [0.29, 0.717) is 28.4 Å². The molecule has 0 spiro atoms. The Bertz CT molecular complexity index is 1120. The molecule has 0 radical (unpaired) electrons. The summed E-state index contributed by atoms with van der Waals surface area (Å²) in [5, 5.41) is 4.96. The van der Waals surface area contributed by atoms with Crippen LogP contribution >= 0.6 is 15.9 Å². The van der Waals surface area contributed by atoms with Crippen molar-refractivity contribution in [2.45, 2.75) is 6.92 Å². The molecule has 130 valence electrons. The van der Waals surface area contributed by atoms with Gasteiger partial charge in [-0.15, -0.1) is 0 Å². The lowest BCUT2D eigenvalue weighted by molar-refractivity contribution is -0.118. The van der Waals surface area contributed by atoms with Crippen LogP contribution in [0.4, 0.5) is 5.69 Å². The zero-order chi connectivity index (χ0) is 18.1. The normalized spacial score (nSPS) is 11.0. The fourth-order valence-electron chi connectivity index (χ4n) is 2.75. The first kappa shape index (κ1) is 16.6. The van der Waals surface area contributed by atoms with Crippen LogP contribution in [-0.2, 0) is 4.79 Å². The Morgan fingerprint density at radius 2 is 1.92 bits per heavy atom. The first-order valence-electron chi connectivity index (χ1n) is 8.06. The molecular weight excluding hydrogens is 396 g/mol. The average Bonchev–Trinajstić information content (AvgIpc) is 2.99. The van der Waals surface area contributed by atoms with Crippen molar-refractivity contribution < 1.29 is 13.9 Å². The van der Waals surface area contributed by atoms with Crippen LogP contribution in [0.25, 0.3) is 21.9 Å². The molecule has 26 heavy (non-hydrogen) atoms. The Hall–Kier alpha value is -2.86.